The van der Waals surface area contributed by atoms with E-state index in [1.165, 1.54) is 0 Å². The summed E-state index contributed by atoms with van der Waals surface area (Å²) in [6.07, 6.45) is 1.17. The molecule has 0 fully saturated rings. The molecule has 3 rings (SSSR count). The second kappa shape index (κ2) is 12.8. The van der Waals surface area contributed by atoms with E-state index in [4.69, 9.17) is 13.7 Å². The van der Waals surface area contributed by atoms with E-state index in [9.17, 15) is 8.42 Å². The van der Waals surface area contributed by atoms with Gasteiger partial charge in [-0.05, 0) is 43.5 Å². The van der Waals surface area contributed by atoms with Crippen molar-refractivity contribution in [3.63, 3.8) is 0 Å². The molecule has 2 aromatic rings. The zero-order valence-corrected chi connectivity index (χ0v) is 23.5. The van der Waals surface area contributed by atoms with Crippen molar-refractivity contribution < 1.29 is 22.1 Å². The van der Waals surface area contributed by atoms with Crippen LogP contribution in [-0.4, -0.2) is 33.8 Å². The molecule has 174 valence electrons. The molecule has 5 nitrogen and oxygen atoms in total. The highest BCUT2D eigenvalue weighted by atomic mass is 127. The Morgan fingerprint density at radius 1 is 1.10 bits per heavy atom. The van der Waals surface area contributed by atoms with Gasteiger partial charge in [-0.1, -0.05) is 63.3 Å². The SMILES string of the molecule is CC.COc1cccc2c1OC(COS(=O)(=O)c1ccc(C)cc1)CC2.C[Si](C)(C)I. The van der Waals surface area contributed by atoms with E-state index in [1.807, 2.05) is 39.0 Å². The van der Waals surface area contributed by atoms with Crippen LogP contribution in [0.15, 0.2) is 47.4 Å². The number of para-hydroxylation sites is 1. The van der Waals surface area contributed by atoms with Gasteiger partial charge in [0.25, 0.3) is 10.1 Å². The number of fused-ring (bicyclic) bond motifs is 1. The maximum Gasteiger partial charge on any atom is 0.297 e. The molecule has 1 unspecified atom stereocenters. The molecular weight excluding hydrogens is 543 g/mol. The van der Waals surface area contributed by atoms with Crippen LogP contribution in [0.4, 0.5) is 0 Å². The lowest BCUT2D eigenvalue weighted by molar-refractivity contribution is 0.109. The van der Waals surface area contributed by atoms with Gasteiger partial charge in [0.05, 0.1) is 12.0 Å². The Balaban J connectivity index is 0.000000605. The summed E-state index contributed by atoms with van der Waals surface area (Å²) < 4.78 is 40.9. The second-order valence-electron chi connectivity index (χ2n) is 7.85. The Bertz CT molecular complexity index is 888. The minimum absolute atomic E-state index is 0.0201. The van der Waals surface area contributed by atoms with Gasteiger partial charge in [0, 0.05) is 0 Å². The summed E-state index contributed by atoms with van der Waals surface area (Å²) in [6.45, 7) is 12.8. The van der Waals surface area contributed by atoms with Crippen molar-refractivity contribution in [2.45, 2.75) is 64.3 Å². The maximum absolute atomic E-state index is 12.3. The summed E-state index contributed by atoms with van der Waals surface area (Å²) in [4.78, 5) is 0.155. The van der Waals surface area contributed by atoms with Gasteiger partial charge in [-0.3, -0.25) is 4.18 Å². The van der Waals surface area contributed by atoms with Crippen molar-refractivity contribution in [3.8, 4) is 11.5 Å². The van der Waals surface area contributed by atoms with Gasteiger partial charge in [-0.2, -0.15) is 8.42 Å². The van der Waals surface area contributed by atoms with Crippen molar-refractivity contribution in [1.29, 1.82) is 0 Å². The molecule has 0 bridgehead atoms. The fraction of sp³-hybridized carbons (Fsp3) is 0.478. The molecule has 0 saturated carbocycles. The van der Waals surface area contributed by atoms with Crippen LogP contribution in [0.25, 0.3) is 0 Å². The number of halogens is 1. The Labute approximate surface area is 201 Å². The third kappa shape index (κ3) is 9.92. The van der Waals surface area contributed by atoms with Crippen LogP contribution < -0.4 is 9.47 Å². The van der Waals surface area contributed by atoms with Crippen LogP contribution in [-0.2, 0) is 20.7 Å². The first-order valence-electron chi connectivity index (χ1n) is 10.5. The van der Waals surface area contributed by atoms with Gasteiger partial charge in [-0.25, -0.2) is 0 Å². The standard InChI is InChI=1S/C18H20O5S.C3H9ISi.C2H6/c1-13-6-10-16(11-7-13)24(19,20)22-12-15-9-8-14-4-3-5-17(21-2)18(14)23-15;1-5(2,3)4;1-2/h3-7,10-11,15H,8-9,12H2,1-2H3;1-3H3;1-2H3. The number of hydrogen-bond donors (Lipinski definition) is 0. The lowest BCUT2D eigenvalue weighted by atomic mass is 10.0. The highest BCUT2D eigenvalue weighted by molar-refractivity contribution is 14.1. The number of ether oxygens (including phenoxy) is 2. The van der Waals surface area contributed by atoms with Crippen molar-refractivity contribution >= 4 is 37.5 Å². The van der Waals surface area contributed by atoms with E-state index >= 15 is 0 Å². The molecule has 0 radical (unpaired) electrons. The topological polar surface area (TPSA) is 61.8 Å². The molecule has 0 saturated heterocycles. The summed E-state index contributed by atoms with van der Waals surface area (Å²) >= 11 is 2.52. The molecule has 1 aliphatic rings. The molecule has 31 heavy (non-hydrogen) atoms. The Morgan fingerprint density at radius 3 is 2.23 bits per heavy atom. The minimum Gasteiger partial charge on any atom is -0.493 e. The van der Waals surface area contributed by atoms with Crippen LogP contribution in [0.1, 0.15) is 31.4 Å². The monoisotopic (exact) mass is 578 g/mol. The summed E-state index contributed by atoms with van der Waals surface area (Å²) in [5.74, 6) is 1.33. The molecule has 1 aliphatic heterocycles. The van der Waals surface area contributed by atoms with E-state index < -0.39 is 15.7 Å². The number of benzene rings is 2. The van der Waals surface area contributed by atoms with Crippen LogP contribution >= 0.6 is 21.8 Å². The van der Waals surface area contributed by atoms with E-state index in [2.05, 4.69) is 41.4 Å². The fourth-order valence-corrected chi connectivity index (χ4v) is 3.59. The predicted octanol–water partition coefficient (Wildman–Crippen LogP) is 6.39. The summed E-state index contributed by atoms with van der Waals surface area (Å²) in [5, 5.41) is 0. The van der Waals surface area contributed by atoms with Crippen LogP contribution in [0.3, 0.4) is 0 Å². The molecule has 0 spiro atoms. The highest BCUT2D eigenvalue weighted by Gasteiger charge is 2.25. The van der Waals surface area contributed by atoms with E-state index in [-0.39, 0.29) is 17.6 Å². The largest absolute Gasteiger partial charge is 0.493 e. The van der Waals surface area contributed by atoms with Crippen molar-refractivity contribution in [1.82, 2.24) is 0 Å². The number of methoxy groups -OCH3 is 1. The van der Waals surface area contributed by atoms with Gasteiger partial charge in [0.1, 0.15) is 18.3 Å². The second-order valence-corrected chi connectivity index (χ2v) is 23.3. The third-order valence-corrected chi connectivity index (χ3v) is 5.32. The minimum atomic E-state index is -3.78. The van der Waals surface area contributed by atoms with Crippen LogP contribution in [0.2, 0.25) is 19.6 Å². The first kappa shape index (κ1) is 27.9. The fourth-order valence-electron chi connectivity index (χ4n) is 2.65. The third-order valence-electron chi connectivity index (χ3n) is 4.02. The molecule has 1 heterocycles. The van der Waals surface area contributed by atoms with Crippen LogP contribution in [0, 0.1) is 6.92 Å². The lowest BCUT2D eigenvalue weighted by Crippen LogP contribution is -2.29. The zero-order chi connectivity index (χ0) is 23.7. The van der Waals surface area contributed by atoms with Crippen molar-refractivity contribution in [2.24, 2.45) is 0 Å². The van der Waals surface area contributed by atoms with E-state index in [0.29, 0.717) is 17.9 Å². The first-order chi connectivity index (χ1) is 14.5. The van der Waals surface area contributed by atoms with Crippen molar-refractivity contribution in [2.75, 3.05) is 13.7 Å². The van der Waals surface area contributed by atoms with Gasteiger partial charge >= 0.3 is 0 Å². The average Bonchev–Trinajstić information content (AvgIpc) is 2.72. The average molecular weight is 579 g/mol. The number of hydrogen-bond acceptors (Lipinski definition) is 5. The molecule has 0 aliphatic carbocycles. The lowest BCUT2D eigenvalue weighted by Gasteiger charge is -2.27. The molecule has 1 atom stereocenters. The summed E-state index contributed by atoms with van der Waals surface area (Å²) in [6, 6.07) is 12.3. The highest BCUT2D eigenvalue weighted by Crippen LogP contribution is 2.36. The predicted molar refractivity (Wildman–Crippen MR) is 139 cm³/mol. The smallest absolute Gasteiger partial charge is 0.297 e. The van der Waals surface area contributed by atoms with Crippen molar-refractivity contribution in [3.05, 3.63) is 53.6 Å². The Hall–Kier alpha value is -1.10. The quantitative estimate of drug-likeness (QED) is 0.178. The van der Waals surface area contributed by atoms with Gasteiger partial charge in [0.15, 0.2) is 11.5 Å². The van der Waals surface area contributed by atoms with Gasteiger partial charge in [0.2, 0.25) is 0 Å². The van der Waals surface area contributed by atoms with Crippen LogP contribution in [0.5, 0.6) is 11.5 Å². The Kier molecular flexibility index (Phi) is 11.5. The molecule has 0 amide bonds. The first-order valence-corrected chi connectivity index (χ1v) is 18.5. The molecule has 0 aromatic heterocycles. The zero-order valence-electron chi connectivity index (χ0n) is 19.6. The summed E-state index contributed by atoms with van der Waals surface area (Å²) in [5.41, 5.74) is 1.41. The normalized spacial score (nSPS) is 15.3. The van der Waals surface area contributed by atoms with E-state index in [1.54, 1.807) is 31.4 Å². The molecule has 2 aromatic carbocycles. The number of rotatable bonds is 5. The molecular formula is C23H35IO5SSi. The van der Waals surface area contributed by atoms with Gasteiger partial charge in [-0.15, -0.1) is 21.8 Å². The van der Waals surface area contributed by atoms with Gasteiger partial charge < -0.3 is 9.47 Å². The molecule has 8 heteroatoms. The van der Waals surface area contributed by atoms with E-state index in [0.717, 1.165) is 17.5 Å². The number of aryl methyl sites for hydroxylation is 2. The summed E-state index contributed by atoms with van der Waals surface area (Å²) in [7, 11) is -2.20. The Morgan fingerprint density at radius 2 is 1.68 bits per heavy atom. The maximum atomic E-state index is 12.3. The molecule has 0 N–H and O–H groups in total.